The molecular weight excluding hydrogens is 230 g/mol. The van der Waals surface area contributed by atoms with Gasteiger partial charge in [-0.15, -0.1) is 0 Å². The molecule has 2 atom stereocenters. The summed E-state index contributed by atoms with van der Waals surface area (Å²) < 4.78 is 5.05. The number of carbonyl (C=O) groups is 1. The van der Waals surface area contributed by atoms with Gasteiger partial charge >= 0.3 is 5.97 Å². The Bertz CT molecular complexity index is 276. The first-order valence-electron chi connectivity index (χ1n) is 6.56. The van der Waals surface area contributed by atoms with Gasteiger partial charge in [0.1, 0.15) is 0 Å². The summed E-state index contributed by atoms with van der Waals surface area (Å²) in [5.74, 6) is -0.337. The second-order valence-electron chi connectivity index (χ2n) is 5.16. The number of nitrogens with one attached hydrogen (secondary N) is 1. The standard InChI is InChI=1S/C14H27NO3/c1-6-15-14(5,10-12(4)16)8-7-9-18-13(17)11(2)3/h12,15-16H,2,6-10H2,1,3-5H3. The number of carbonyl (C=O) groups excluding carboxylic acids is 1. The van der Waals surface area contributed by atoms with Crippen molar-refractivity contribution < 1.29 is 14.6 Å². The Hall–Kier alpha value is -0.870. The molecule has 0 saturated carbocycles. The molecule has 0 heterocycles. The van der Waals surface area contributed by atoms with Crippen molar-refractivity contribution in [2.75, 3.05) is 13.2 Å². The van der Waals surface area contributed by atoms with Gasteiger partial charge in [-0.2, -0.15) is 0 Å². The lowest BCUT2D eigenvalue weighted by molar-refractivity contribution is -0.139. The molecule has 0 aromatic carbocycles. The predicted octanol–water partition coefficient (Wildman–Crippen LogP) is 2.02. The number of aliphatic hydroxyl groups excluding tert-OH is 1. The van der Waals surface area contributed by atoms with E-state index in [1.54, 1.807) is 13.8 Å². The van der Waals surface area contributed by atoms with Crippen LogP contribution in [0.25, 0.3) is 0 Å². The second kappa shape index (κ2) is 8.27. The van der Waals surface area contributed by atoms with Gasteiger partial charge in [-0.25, -0.2) is 4.79 Å². The van der Waals surface area contributed by atoms with Crippen LogP contribution in [0, 0.1) is 0 Å². The van der Waals surface area contributed by atoms with Crippen LogP contribution in [0.3, 0.4) is 0 Å². The Labute approximate surface area is 110 Å². The molecule has 2 unspecified atom stereocenters. The Morgan fingerprint density at radius 3 is 2.61 bits per heavy atom. The number of esters is 1. The highest BCUT2D eigenvalue weighted by Crippen LogP contribution is 2.19. The van der Waals surface area contributed by atoms with Gasteiger partial charge in [0.25, 0.3) is 0 Å². The number of hydrogen-bond acceptors (Lipinski definition) is 4. The van der Waals surface area contributed by atoms with Crippen LogP contribution >= 0.6 is 0 Å². The van der Waals surface area contributed by atoms with Crippen LogP contribution < -0.4 is 5.32 Å². The van der Waals surface area contributed by atoms with Crippen molar-refractivity contribution in [2.24, 2.45) is 0 Å². The molecule has 0 saturated heterocycles. The van der Waals surface area contributed by atoms with E-state index in [4.69, 9.17) is 4.74 Å². The molecule has 4 heteroatoms. The third kappa shape index (κ3) is 7.45. The molecule has 0 bridgehead atoms. The van der Waals surface area contributed by atoms with E-state index in [-0.39, 0.29) is 17.6 Å². The number of aliphatic hydroxyl groups is 1. The minimum Gasteiger partial charge on any atom is -0.462 e. The van der Waals surface area contributed by atoms with E-state index in [2.05, 4.69) is 18.8 Å². The van der Waals surface area contributed by atoms with Crippen molar-refractivity contribution in [1.29, 1.82) is 0 Å². The van der Waals surface area contributed by atoms with Gasteiger partial charge in [0.2, 0.25) is 0 Å². The molecule has 0 aliphatic carbocycles. The first-order valence-corrected chi connectivity index (χ1v) is 6.56. The summed E-state index contributed by atoms with van der Waals surface area (Å²) in [4.78, 5) is 11.2. The quantitative estimate of drug-likeness (QED) is 0.377. The van der Waals surface area contributed by atoms with Crippen molar-refractivity contribution in [3.63, 3.8) is 0 Å². The maximum Gasteiger partial charge on any atom is 0.333 e. The van der Waals surface area contributed by atoms with Crippen LogP contribution in [-0.4, -0.2) is 35.9 Å². The Balaban J connectivity index is 4.04. The van der Waals surface area contributed by atoms with Crippen LogP contribution in [0.4, 0.5) is 0 Å². The van der Waals surface area contributed by atoms with E-state index >= 15 is 0 Å². The summed E-state index contributed by atoms with van der Waals surface area (Å²) in [6.45, 7) is 12.3. The van der Waals surface area contributed by atoms with Crippen LogP contribution in [0.5, 0.6) is 0 Å². The number of rotatable bonds is 9. The van der Waals surface area contributed by atoms with Gasteiger partial charge in [0.15, 0.2) is 0 Å². The van der Waals surface area contributed by atoms with Crippen molar-refractivity contribution in [3.05, 3.63) is 12.2 Å². The monoisotopic (exact) mass is 257 g/mol. The zero-order valence-electron chi connectivity index (χ0n) is 12.1. The molecule has 2 N–H and O–H groups in total. The van der Waals surface area contributed by atoms with Gasteiger partial charge in [0.05, 0.1) is 12.7 Å². The van der Waals surface area contributed by atoms with E-state index in [0.717, 1.165) is 19.4 Å². The summed E-state index contributed by atoms with van der Waals surface area (Å²) in [6.07, 6.45) is 1.98. The maximum absolute atomic E-state index is 11.2. The Morgan fingerprint density at radius 1 is 1.56 bits per heavy atom. The largest absolute Gasteiger partial charge is 0.462 e. The first-order chi connectivity index (χ1) is 8.30. The molecule has 0 aliphatic rings. The number of hydrogen-bond donors (Lipinski definition) is 2. The Morgan fingerprint density at radius 2 is 2.17 bits per heavy atom. The van der Waals surface area contributed by atoms with Crippen LogP contribution in [0.1, 0.15) is 47.0 Å². The molecule has 0 aromatic rings. The summed E-state index contributed by atoms with van der Waals surface area (Å²) in [6, 6.07) is 0. The fourth-order valence-corrected chi connectivity index (χ4v) is 2.09. The van der Waals surface area contributed by atoms with Crippen molar-refractivity contribution >= 4 is 5.97 Å². The number of ether oxygens (including phenoxy) is 1. The van der Waals surface area contributed by atoms with E-state index in [9.17, 15) is 9.90 Å². The molecule has 106 valence electrons. The van der Waals surface area contributed by atoms with Crippen molar-refractivity contribution in [2.45, 2.75) is 58.6 Å². The van der Waals surface area contributed by atoms with Gasteiger partial charge in [-0.05, 0) is 46.6 Å². The average Bonchev–Trinajstić information content (AvgIpc) is 2.23. The van der Waals surface area contributed by atoms with Gasteiger partial charge in [-0.1, -0.05) is 13.5 Å². The van der Waals surface area contributed by atoms with E-state index in [1.165, 1.54) is 0 Å². The SMILES string of the molecule is C=C(C)C(=O)OCCCC(C)(CC(C)O)NCC. The van der Waals surface area contributed by atoms with Crippen molar-refractivity contribution in [3.8, 4) is 0 Å². The minimum atomic E-state index is -0.341. The van der Waals surface area contributed by atoms with Crippen LogP contribution in [-0.2, 0) is 9.53 Å². The molecule has 0 amide bonds. The third-order valence-corrected chi connectivity index (χ3v) is 2.80. The molecule has 0 radical (unpaired) electrons. The molecule has 0 spiro atoms. The minimum absolute atomic E-state index is 0.113. The van der Waals surface area contributed by atoms with Gasteiger partial charge in [0, 0.05) is 11.1 Å². The highest BCUT2D eigenvalue weighted by Gasteiger charge is 2.24. The molecule has 0 aliphatic heterocycles. The van der Waals surface area contributed by atoms with E-state index < -0.39 is 0 Å². The smallest absolute Gasteiger partial charge is 0.333 e. The van der Waals surface area contributed by atoms with Crippen LogP contribution in [0.2, 0.25) is 0 Å². The molecular formula is C14H27NO3. The summed E-state index contributed by atoms with van der Waals surface area (Å²) in [5, 5.41) is 12.9. The van der Waals surface area contributed by atoms with Crippen LogP contribution in [0.15, 0.2) is 12.2 Å². The molecule has 4 nitrogen and oxygen atoms in total. The average molecular weight is 257 g/mol. The van der Waals surface area contributed by atoms with Gasteiger partial charge < -0.3 is 15.2 Å². The molecule has 0 aromatic heterocycles. The predicted molar refractivity (Wildman–Crippen MR) is 73.4 cm³/mol. The zero-order chi connectivity index (χ0) is 14.2. The van der Waals surface area contributed by atoms with E-state index in [1.807, 2.05) is 6.92 Å². The molecule has 0 rings (SSSR count). The topological polar surface area (TPSA) is 58.6 Å². The highest BCUT2D eigenvalue weighted by molar-refractivity contribution is 5.86. The van der Waals surface area contributed by atoms with E-state index in [0.29, 0.717) is 18.6 Å². The lowest BCUT2D eigenvalue weighted by atomic mass is 9.89. The van der Waals surface area contributed by atoms with Gasteiger partial charge in [-0.3, -0.25) is 0 Å². The maximum atomic E-state index is 11.2. The Kier molecular flexibility index (Phi) is 7.87. The second-order valence-corrected chi connectivity index (χ2v) is 5.16. The highest BCUT2D eigenvalue weighted by atomic mass is 16.5. The zero-order valence-corrected chi connectivity index (χ0v) is 12.1. The lowest BCUT2D eigenvalue weighted by Gasteiger charge is -2.32. The van der Waals surface area contributed by atoms with Crippen molar-refractivity contribution in [1.82, 2.24) is 5.32 Å². The normalized spacial score (nSPS) is 15.8. The fourth-order valence-electron chi connectivity index (χ4n) is 2.09. The molecule has 0 fully saturated rings. The fraction of sp³-hybridized carbons (Fsp3) is 0.786. The summed E-state index contributed by atoms with van der Waals surface area (Å²) >= 11 is 0. The first kappa shape index (κ1) is 17.1. The summed E-state index contributed by atoms with van der Waals surface area (Å²) in [7, 11) is 0. The molecule has 18 heavy (non-hydrogen) atoms. The lowest BCUT2D eigenvalue weighted by Crippen LogP contribution is -2.44. The summed E-state index contributed by atoms with van der Waals surface area (Å²) in [5.41, 5.74) is 0.312. The third-order valence-electron chi connectivity index (χ3n) is 2.80.